The van der Waals surface area contributed by atoms with Gasteiger partial charge in [-0.25, -0.2) is 9.59 Å². The van der Waals surface area contributed by atoms with Gasteiger partial charge in [0, 0.05) is 24.3 Å². The smallest absolute Gasteiger partial charge is 0.326 e. The summed E-state index contributed by atoms with van der Waals surface area (Å²) in [5.41, 5.74) is 10.9. The summed E-state index contributed by atoms with van der Waals surface area (Å²) in [5.74, 6) is -4.07. The van der Waals surface area contributed by atoms with Crippen molar-refractivity contribution in [1.29, 1.82) is 0 Å². The number of thiophene rings is 1. The van der Waals surface area contributed by atoms with E-state index >= 15 is 0 Å². The zero-order valence-electron chi connectivity index (χ0n) is 21.4. The van der Waals surface area contributed by atoms with Gasteiger partial charge in [-0.15, -0.1) is 11.3 Å². The van der Waals surface area contributed by atoms with Gasteiger partial charge in [0.15, 0.2) is 0 Å². The summed E-state index contributed by atoms with van der Waals surface area (Å²) < 4.78 is 0. The number of carbonyl (C=O) groups is 5. The minimum Gasteiger partial charge on any atom is -0.480 e. The lowest BCUT2D eigenvalue weighted by Crippen LogP contribution is -2.44. The number of nitrogens with one attached hydrogen (secondary N) is 4. The number of rotatable bonds is 14. The van der Waals surface area contributed by atoms with Crippen molar-refractivity contribution in [3.63, 3.8) is 0 Å². The van der Waals surface area contributed by atoms with Crippen LogP contribution in [0.15, 0.2) is 16.9 Å². The second kappa shape index (κ2) is 13.5. The third-order valence-corrected chi connectivity index (χ3v) is 7.49. The second-order valence-corrected chi connectivity index (χ2v) is 10.6. The molecule has 40 heavy (non-hydrogen) atoms. The van der Waals surface area contributed by atoms with Crippen LogP contribution in [0, 0.1) is 5.92 Å². The van der Waals surface area contributed by atoms with Gasteiger partial charge in [0.1, 0.15) is 17.9 Å². The zero-order chi connectivity index (χ0) is 29.4. The third-order valence-electron chi connectivity index (χ3n) is 6.35. The van der Waals surface area contributed by atoms with E-state index in [0.29, 0.717) is 35.6 Å². The Morgan fingerprint density at radius 3 is 2.42 bits per heavy atom. The molecule has 0 saturated heterocycles. The highest BCUT2D eigenvalue weighted by Crippen LogP contribution is 2.25. The Hall–Kier alpha value is -4.47. The molecule has 3 atom stereocenters. The number of amides is 3. The molecule has 216 valence electrons. The predicted molar refractivity (Wildman–Crippen MR) is 144 cm³/mol. The quantitative estimate of drug-likeness (QED) is 0.141. The molecule has 3 heterocycles. The third kappa shape index (κ3) is 8.52. The molecule has 2 aromatic heterocycles. The van der Waals surface area contributed by atoms with Crippen molar-refractivity contribution in [2.24, 2.45) is 11.7 Å². The van der Waals surface area contributed by atoms with Crippen molar-refractivity contribution < 1.29 is 34.2 Å². The summed E-state index contributed by atoms with van der Waals surface area (Å²) in [7, 11) is 0. The molecule has 10 N–H and O–H groups in total. The Labute approximate surface area is 231 Å². The first-order valence-electron chi connectivity index (χ1n) is 12.5. The zero-order valence-corrected chi connectivity index (χ0v) is 22.2. The topological polar surface area (TPSA) is 260 Å². The van der Waals surface area contributed by atoms with Gasteiger partial charge in [0.25, 0.3) is 11.5 Å². The molecule has 0 spiro atoms. The van der Waals surface area contributed by atoms with Crippen LogP contribution in [0.1, 0.15) is 52.2 Å². The molecule has 1 unspecified atom stereocenters. The van der Waals surface area contributed by atoms with Crippen molar-refractivity contribution in [2.45, 2.75) is 57.0 Å². The minimum absolute atomic E-state index is 0.0522. The number of nitrogens with two attached hydrogens (primary N) is 2. The average molecular weight is 578 g/mol. The van der Waals surface area contributed by atoms with Crippen LogP contribution >= 0.6 is 11.3 Å². The molecule has 2 aromatic rings. The molecule has 0 bridgehead atoms. The average Bonchev–Trinajstić information content (AvgIpc) is 3.36. The fourth-order valence-corrected chi connectivity index (χ4v) is 5.14. The Morgan fingerprint density at radius 1 is 1.07 bits per heavy atom. The minimum atomic E-state index is -1.38. The lowest BCUT2D eigenvalue weighted by molar-refractivity contribution is -0.143. The first kappa shape index (κ1) is 30.1. The van der Waals surface area contributed by atoms with Crippen LogP contribution < -0.4 is 33.0 Å². The summed E-state index contributed by atoms with van der Waals surface area (Å²) in [6.07, 6.45) is 0.831. The van der Waals surface area contributed by atoms with Crippen molar-refractivity contribution in [3.05, 3.63) is 37.8 Å². The number of fused-ring (bicyclic) bond motifs is 1. The Kier molecular flexibility index (Phi) is 10.2. The first-order valence-corrected chi connectivity index (χ1v) is 13.3. The van der Waals surface area contributed by atoms with Crippen LogP contribution in [0.2, 0.25) is 0 Å². The molecule has 3 rings (SSSR count). The molecule has 1 aliphatic rings. The summed E-state index contributed by atoms with van der Waals surface area (Å²) in [6, 6.07) is 0.632. The number of aliphatic carboxylic acids is 2. The number of anilines is 2. The van der Waals surface area contributed by atoms with Gasteiger partial charge in [0.05, 0.1) is 10.4 Å². The second-order valence-electron chi connectivity index (χ2n) is 9.40. The van der Waals surface area contributed by atoms with Crippen LogP contribution in [0.3, 0.4) is 0 Å². The van der Waals surface area contributed by atoms with Crippen LogP contribution in [0.25, 0.3) is 0 Å². The number of carbonyl (C=O) groups excluding carboxylic acids is 3. The van der Waals surface area contributed by atoms with Gasteiger partial charge in [-0.05, 0) is 50.2 Å². The number of carboxylic acid groups (broad SMARTS) is 2. The highest BCUT2D eigenvalue weighted by atomic mass is 32.1. The molecule has 16 heteroatoms. The van der Waals surface area contributed by atoms with E-state index in [9.17, 15) is 39.0 Å². The summed E-state index contributed by atoms with van der Waals surface area (Å²) >= 11 is 1.21. The van der Waals surface area contributed by atoms with E-state index in [2.05, 4.69) is 25.9 Å². The van der Waals surface area contributed by atoms with Crippen LogP contribution in [0.5, 0.6) is 0 Å². The van der Waals surface area contributed by atoms with Crippen LogP contribution in [0.4, 0.5) is 11.8 Å². The van der Waals surface area contributed by atoms with Crippen LogP contribution in [-0.4, -0.2) is 68.5 Å². The fraction of sp³-hybridized carbons (Fsp3) is 0.458. The van der Waals surface area contributed by atoms with Gasteiger partial charge in [0.2, 0.25) is 17.8 Å². The van der Waals surface area contributed by atoms with Crippen molar-refractivity contribution in [3.8, 4) is 0 Å². The molecule has 0 aliphatic carbocycles. The van der Waals surface area contributed by atoms with Gasteiger partial charge in [-0.2, -0.15) is 4.98 Å². The molecular weight excluding hydrogens is 546 g/mol. The number of hydrogen-bond acceptors (Lipinski definition) is 10. The first-order chi connectivity index (χ1) is 18.9. The predicted octanol–water partition coefficient (Wildman–Crippen LogP) is -0.571. The maximum absolute atomic E-state index is 12.7. The fourth-order valence-electron chi connectivity index (χ4n) is 4.21. The van der Waals surface area contributed by atoms with E-state index < -0.39 is 41.7 Å². The molecule has 3 amide bonds. The van der Waals surface area contributed by atoms with E-state index in [0.717, 1.165) is 11.3 Å². The number of aromatic nitrogens is 2. The summed E-state index contributed by atoms with van der Waals surface area (Å²) in [4.78, 5) is 78.6. The van der Waals surface area contributed by atoms with Crippen molar-refractivity contribution >= 4 is 52.8 Å². The maximum Gasteiger partial charge on any atom is 0.326 e. The molecule has 0 aromatic carbocycles. The number of aryl methyl sites for hydroxylation is 1. The molecule has 0 fully saturated rings. The number of hydrogen-bond donors (Lipinski definition) is 8. The molecule has 15 nitrogen and oxygen atoms in total. The van der Waals surface area contributed by atoms with E-state index in [1.807, 2.05) is 0 Å². The number of nitrogen functional groups attached to an aromatic ring is 1. The van der Waals surface area contributed by atoms with Gasteiger partial charge in [-0.3, -0.25) is 24.2 Å². The molecular formula is C24H31N7O8S. The standard InChI is InChI=1S/C24H31N7O8S/c25-17(32)7-4-14(22(36)37)28-18(33)8-5-15(23(38)39)29-21(35)16-6-3-12(40-16)2-1-11-9-13-19(27-10-11)30-24(26)31-20(13)34/h3,6,11,14-15H,1-2,4-5,7-10H2,(H2,25,32)(H,28,33)(H,29,35)(H,36,37)(H,38,39)(H4,26,27,30,31,34)/t11?,14-,15+/m1/s1. The lowest BCUT2D eigenvalue weighted by atomic mass is 9.92. The molecule has 0 saturated carbocycles. The van der Waals surface area contributed by atoms with E-state index in [-0.39, 0.29) is 43.1 Å². The highest BCUT2D eigenvalue weighted by Gasteiger charge is 2.26. The number of aromatic amines is 1. The van der Waals surface area contributed by atoms with Gasteiger partial charge < -0.3 is 37.6 Å². The van der Waals surface area contributed by atoms with Crippen LogP contribution in [-0.2, 0) is 32.0 Å². The Balaban J connectivity index is 1.49. The summed E-state index contributed by atoms with van der Waals surface area (Å²) in [5, 5.41) is 26.4. The van der Waals surface area contributed by atoms with Crippen molar-refractivity contribution in [2.75, 3.05) is 17.6 Å². The van der Waals surface area contributed by atoms with E-state index in [1.165, 1.54) is 11.3 Å². The Morgan fingerprint density at radius 2 is 1.75 bits per heavy atom. The highest BCUT2D eigenvalue weighted by molar-refractivity contribution is 7.14. The lowest BCUT2D eigenvalue weighted by Gasteiger charge is -2.24. The normalized spacial score (nSPS) is 15.7. The number of H-pyrrole nitrogens is 1. The monoisotopic (exact) mass is 577 g/mol. The van der Waals surface area contributed by atoms with Gasteiger partial charge in [-0.1, -0.05) is 0 Å². The molecule has 1 aliphatic heterocycles. The maximum atomic E-state index is 12.7. The largest absolute Gasteiger partial charge is 0.480 e. The van der Waals surface area contributed by atoms with E-state index in [4.69, 9.17) is 11.5 Å². The number of carboxylic acids is 2. The molecule has 0 radical (unpaired) electrons. The SMILES string of the molecule is NC(=O)CC[C@@H](NC(=O)CC[C@H](NC(=O)c1ccc(CCC2CNc3nc(N)[nH]c(=O)c3C2)s1)C(=O)O)C(=O)O. The van der Waals surface area contributed by atoms with Crippen molar-refractivity contribution in [1.82, 2.24) is 20.6 Å². The Bertz CT molecular complexity index is 1340. The van der Waals surface area contributed by atoms with Gasteiger partial charge >= 0.3 is 11.9 Å². The number of primary amides is 1. The number of nitrogens with zero attached hydrogens (tertiary/aromatic N) is 1. The van der Waals surface area contributed by atoms with E-state index in [1.54, 1.807) is 12.1 Å². The summed E-state index contributed by atoms with van der Waals surface area (Å²) in [6.45, 7) is 0.619.